The van der Waals surface area contributed by atoms with Crippen molar-refractivity contribution in [3.63, 3.8) is 0 Å². The minimum absolute atomic E-state index is 0. The van der Waals surface area contributed by atoms with E-state index in [1.165, 1.54) is 50.1 Å². The Kier molecular flexibility index (Phi) is 14.2. The molecule has 0 aliphatic heterocycles. The molecule has 0 atom stereocenters. The molecule has 0 saturated carbocycles. The maximum absolute atomic E-state index is 2.40. The van der Waals surface area contributed by atoms with Crippen LogP contribution in [0.5, 0.6) is 0 Å². The molecule has 0 heterocycles. The van der Waals surface area contributed by atoms with Gasteiger partial charge in [0.05, 0.1) is 8.80 Å². The van der Waals surface area contributed by atoms with Crippen LogP contribution in [0.15, 0.2) is 66.7 Å². The van der Waals surface area contributed by atoms with Crippen LogP contribution in [-0.4, -0.2) is 8.80 Å². The number of hydrogen-bond donors (Lipinski definition) is 0. The topological polar surface area (TPSA) is 0 Å². The Morgan fingerprint density at radius 1 is 0.556 bits per heavy atom. The molecule has 0 aliphatic carbocycles. The first-order valence-electron chi connectivity index (χ1n) is 11.7. The van der Waals surface area contributed by atoms with E-state index in [1.54, 1.807) is 15.9 Å². The van der Waals surface area contributed by atoms with Gasteiger partial charge in [-0.05, 0) is 49.9 Å². The van der Waals surface area contributed by atoms with Gasteiger partial charge < -0.3 is 37.2 Å². The van der Waals surface area contributed by atoms with Gasteiger partial charge in [-0.3, -0.25) is 0 Å². The number of rotatable bonds is 5. The zero-order valence-electron chi connectivity index (χ0n) is 22.3. The minimum atomic E-state index is -1.50. The molecule has 4 aromatic carbocycles. The molecule has 36 heavy (non-hydrogen) atoms. The van der Waals surface area contributed by atoms with Gasteiger partial charge in [-0.25, -0.2) is 0 Å². The first-order chi connectivity index (χ1) is 15.3. The van der Waals surface area contributed by atoms with Gasteiger partial charge >= 0.3 is 21.7 Å². The van der Waals surface area contributed by atoms with Crippen molar-refractivity contribution >= 4 is 19.2 Å². The van der Waals surface area contributed by atoms with Gasteiger partial charge in [0.15, 0.2) is 0 Å². The summed E-state index contributed by atoms with van der Waals surface area (Å²) in [4.78, 5) is 0. The third kappa shape index (κ3) is 6.62. The summed E-state index contributed by atoms with van der Waals surface area (Å²) in [5.41, 5.74) is 14.5. The second-order valence-electron chi connectivity index (χ2n) is 9.43. The molecule has 5 heteroatoms. The minimum Gasteiger partial charge on any atom is -1.00 e. The van der Waals surface area contributed by atoms with E-state index in [2.05, 4.69) is 115 Å². The molecule has 0 radical (unpaired) electrons. The van der Waals surface area contributed by atoms with E-state index in [4.69, 9.17) is 0 Å². The van der Waals surface area contributed by atoms with Gasteiger partial charge in [-0.1, -0.05) is 109 Å². The van der Waals surface area contributed by atoms with Crippen molar-refractivity contribution in [2.45, 2.75) is 54.5 Å². The number of aryl methyl sites for hydroxylation is 2. The summed E-state index contributed by atoms with van der Waals surface area (Å²) in [6.07, 6.45) is 0. The van der Waals surface area contributed by atoms with Crippen LogP contribution >= 0.6 is 0 Å². The Balaban J connectivity index is 0.00000306. The monoisotopic (exact) mass is 588 g/mol. The Morgan fingerprint density at radius 2 is 1.03 bits per heavy atom. The van der Waals surface area contributed by atoms with E-state index in [0.717, 1.165) is 6.04 Å². The van der Waals surface area contributed by atoms with Crippen LogP contribution < -0.4 is 47.6 Å². The smallest absolute Gasteiger partial charge is 1.00 e. The molecule has 4 aromatic rings. The average molecular weight is 590 g/mol. The summed E-state index contributed by atoms with van der Waals surface area (Å²) in [6.45, 7) is 16.1. The molecule has 0 spiro atoms. The van der Waals surface area contributed by atoms with Crippen molar-refractivity contribution in [3.8, 4) is 11.1 Å². The summed E-state index contributed by atoms with van der Waals surface area (Å²) in [7, 11) is -1.50. The maximum Gasteiger partial charge on any atom is 4.00 e. The SMILES string of the molecule is Cc1cccc([SiH](C[c-]2c(C)c(C)c(C)c2-c2ccccc2)c2cccc(C)c2C)c1C.[Cl-].[Cl-].[Cl-].[Ti+4]. The third-order valence-corrected chi connectivity index (χ3v) is 11.3. The molecule has 0 saturated heterocycles. The number of benzene rings is 3. The second-order valence-corrected chi connectivity index (χ2v) is 12.2. The Labute approximate surface area is 253 Å². The van der Waals surface area contributed by atoms with Gasteiger partial charge in [0.25, 0.3) is 0 Å². The van der Waals surface area contributed by atoms with Crippen LogP contribution in [0.2, 0.25) is 0 Å². The fourth-order valence-electron chi connectivity index (χ4n) is 5.25. The Morgan fingerprint density at radius 3 is 1.50 bits per heavy atom. The number of halogens is 3. The number of hydrogen-bond acceptors (Lipinski definition) is 0. The van der Waals surface area contributed by atoms with Crippen molar-refractivity contribution in [1.82, 2.24) is 0 Å². The van der Waals surface area contributed by atoms with Crippen LogP contribution in [0.1, 0.15) is 44.5 Å². The fourth-order valence-corrected chi connectivity index (χ4v) is 9.13. The van der Waals surface area contributed by atoms with Crippen molar-refractivity contribution < 1.29 is 58.9 Å². The standard InChI is InChI=1S/C31H35Si.3ClH.Ti/c1-20-13-11-17-29(22(20)3)32(30-18-12-14-21(2)23(30)4)19-28-25(6)24(5)26(7)31(28)27-15-9-8-10-16-27;;;;/h8-18,32H,19H2,1-7H3;3*1H;/q-1;;;;+4/p-3. The van der Waals surface area contributed by atoms with Crippen LogP contribution in [0.3, 0.4) is 0 Å². The second kappa shape index (κ2) is 14.7. The fraction of sp³-hybridized carbons (Fsp3) is 0.258. The summed E-state index contributed by atoms with van der Waals surface area (Å²) < 4.78 is 0. The quantitative estimate of drug-likeness (QED) is 0.177. The predicted octanol–water partition coefficient (Wildman–Crippen LogP) is -2.64. The van der Waals surface area contributed by atoms with E-state index in [9.17, 15) is 0 Å². The first kappa shape index (κ1) is 34.8. The molecule has 0 bridgehead atoms. The molecule has 0 fully saturated rings. The normalized spacial score (nSPS) is 10.1. The van der Waals surface area contributed by atoms with Gasteiger partial charge in [-0.15, -0.1) is 16.7 Å². The first-order valence-corrected chi connectivity index (χ1v) is 13.7. The van der Waals surface area contributed by atoms with E-state index in [1.807, 2.05) is 0 Å². The van der Waals surface area contributed by atoms with Crippen molar-refractivity contribution in [1.29, 1.82) is 0 Å². The molecule has 0 aromatic heterocycles. The van der Waals surface area contributed by atoms with Crippen LogP contribution in [-0.2, 0) is 27.8 Å². The Bertz CT molecular complexity index is 1230. The Hall–Kier alpha value is -1.19. The van der Waals surface area contributed by atoms with E-state index in [-0.39, 0.29) is 58.9 Å². The zero-order chi connectivity index (χ0) is 23.0. The average Bonchev–Trinajstić information content (AvgIpc) is 3.00. The zero-order valence-corrected chi connectivity index (χ0v) is 27.3. The van der Waals surface area contributed by atoms with Gasteiger partial charge in [0.2, 0.25) is 0 Å². The summed E-state index contributed by atoms with van der Waals surface area (Å²) in [5.74, 6) is 0. The predicted molar refractivity (Wildman–Crippen MR) is 144 cm³/mol. The molecule has 4 rings (SSSR count). The van der Waals surface area contributed by atoms with Crippen molar-refractivity contribution in [3.05, 3.63) is 111 Å². The van der Waals surface area contributed by atoms with E-state index < -0.39 is 8.80 Å². The molecule has 0 N–H and O–H groups in total. The van der Waals surface area contributed by atoms with Gasteiger partial charge in [-0.2, -0.15) is 11.1 Å². The molecule has 0 nitrogen and oxygen atoms in total. The van der Waals surface area contributed by atoms with Gasteiger partial charge in [0.1, 0.15) is 0 Å². The van der Waals surface area contributed by atoms with Gasteiger partial charge in [0, 0.05) is 0 Å². The van der Waals surface area contributed by atoms with Crippen LogP contribution in [0.25, 0.3) is 11.1 Å². The summed E-state index contributed by atoms with van der Waals surface area (Å²) >= 11 is 0. The molecule has 188 valence electrons. The summed E-state index contributed by atoms with van der Waals surface area (Å²) in [5, 5.41) is 3.18. The van der Waals surface area contributed by atoms with Crippen LogP contribution in [0.4, 0.5) is 0 Å². The van der Waals surface area contributed by atoms with Crippen molar-refractivity contribution in [2.75, 3.05) is 0 Å². The largest absolute Gasteiger partial charge is 4.00 e. The summed E-state index contributed by atoms with van der Waals surface area (Å²) in [6, 6.07) is 26.0. The van der Waals surface area contributed by atoms with E-state index in [0.29, 0.717) is 0 Å². The molecular formula is C31H35Cl3SiTi. The molecule has 0 amide bonds. The molecule has 0 unspecified atom stereocenters. The van der Waals surface area contributed by atoms with Crippen molar-refractivity contribution in [2.24, 2.45) is 0 Å². The molecular weight excluding hydrogens is 555 g/mol. The van der Waals surface area contributed by atoms with E-state index >= 15 is 0 Å². The van der Waals surface area contributed by atoms with Crippen LogP contribution in [0, 0.1) is 48.5 Å². The third-order valence-electron chi connectivity index (χ3n) is 7.77. The molecule has 0 aliphatic rings. The maximum atomic E-state index is 2.40.